The molecule has 2 heteroatoms. The third-order valence-corrected chi connectivity index (χ3v) is 2.73. The van der Waals surface area contributed by atoms with E-state index in [-0.39, 0.29) is 17.6 Å². The van der Waals surface area contributed by atoms with E-state index in [2.05, 4.69) is 34.6 Å². The van der Waals surface area contributed by atoms with Gasteiger partial charge in [0.1, 0.15) is 0 Å². The molecule has 0 spiro atoms. The molecule has 1 aromatic carbocycles. The van der Waals surface area contributed by atoms with E-state index < -0.39 is 0 Å². The van der Waals surface area contributed by atoms with Crippen molar-refractivity contribution in [3.8, 4) is 0 Å². The molecule has 0 fully saturated rings. The average Bonchev–Trinajstić information content (AvgIpc) is 2.13. The maximum Gasteiger partial charge on any atom is 0.0890 e. The van der Waals surface area contributed by atoms with Gasteiger partial charge in [0, 0.05) is 5.02 Å². The van der Waals surface area contributed by atoms with E-state index in [0.29, 0.717) is 0 Å². The zero-order valence-electron chi connectivity index (χ0n) is 10.8. The second-order valence-electron chi connectivity index (χ2n) is 5.45. The predicted molar refractivity (Wildman–Crippen MR) is 69.9 cm³/mol. The summed E-state index contributed by atoms with van der Waals surface area (Å²) >= 11 is 6.23. The molecule has 90 valence electrons. The fourth-order valence-corrected chi connectivity index (χ4v) is 1.94. The van der Waals surface area contributed by atoms with Crippen LogP contribution >= 0.6 is 11.6 Å². The highest BCUT2D eigenvalue weighted by atomic mass is 35.5. The quantitative estimate of drug-likeness (QED) is 0.734. The highest BCUT2D eigenvalue weighted by molar-refractivity contribution is 6.31. The molecule has 0 saturated heterocycles. The van der Waals surface area contributed by atoms with Crippen molar-refractivity contribution in [1.29, 1.82) is 0 Å². The lowest BCUT2D eigenvalue weighted by atomic mass is 9.84. The Bertz CT molecular complexity index is 339. The van der Waals surface area contributed by atoms with Crippen LogP contribution in [0.25, 0.3) is 0 Å². The molecule has 1 aromatic rings. The molecule has 0 amide bonds. The van der Waals surface area contributed by atoms with Gasteiger partial charge in [-0.1, -0.05) is 50.6 Å². The van der Waals surface area contributed by atoms with Gasteiger partial charge in [0.15, 0.2) is 0 Å². The number of halogens is 1. The Balaban J connectivity index is 3.07. The Morgan fingerprint density at radius 1 is 1.12 bits per heavy atom. The molecule has 0 aliphatic carbocycles. The van der Waals surface area contributed by atoms with Gasteiger partial charge in [0.2, 0.25) is 0 Å². The van der Waals surface area contributed by atoms with Crippen LogP contribution < -0.4 is 0 Å². The van der Waals surface area contributed by atoms with Gasteiger partial charge in [-0.3, -0.25) is 0 Å². The largest absolute Gasteiger partial charge is 0.370 e. The number of hydrogen-bond donors (Lipinski definition) is 0. The first-order chi connectivity index (χ1) is 7.32. The maximum atomic E-state index is 6.23. The summed E-state index contributed by atoms with van der Waals surface area (Å²) in [4.78, 5) is 0. The summed E-state index contributed by atoms with van der Waals surface area (Å²) in [6.07, 6.45) is 0.224. The van der Waals surface area contributed by atoms with Gasteiger partial charge in [-0.25, -0.2) is 0 Å². The van der Waals surface area contributed by atoms with E-state index in [1.165, 1.54) is 0 Å². The molecule has 0 radical (unpaired) electrons. The van der Waals surface area contributed by atoms with Gasteiger partial charge < -0.3 is 4.74 Å². The number of ether oxygens (including phenoxy) is 1. The first-order valence-electron chi connectivity index (χ1n) is 5.72. The van der Waals surface area contributed by atoms with Crippen molar-refractivity contribution >= 4 is 11.6 Å². The molecule has 0 N–H and O–H groups in total. The molecule has 1 atom stereocenters. The lowest BCUT2D eigenvalue weighted by Gasteiger charge is -2.33. The Morgan fingerprint density at radius 2 is 1.69 bits per heavy atom. The van der Waals surface area contributed by atoms with Crippen molar-refractivity contribution in [3.05, 3.63) is 34.9 Å². The van der Waals surface area contributed by atoms with Crippen molar-refractivity contribution in [2.45, 2.75) is 46.8 Å². The molecule has 0 saturated carbocycles. The zero-order valence-corrected chi connectivity index (χ0v) is 11.5. The van der Waals surface area contributed by atoms with Crippen molar-refractivity contribution in [3.63, 3.8) is 0 Å². The average molecular weight is 241 g/mol. The van der Waals surface area contributed by atoms with Crippen LogP contribution in [0.15, 0.2) is 24.3 Å². The van der Waals surface area contributed by atoms with E-state index in [0.717, 1.165) is 10.6 Å². The normalized spacial score (nSPS) is 14.2. The number of rotatable bonds is 3. The van der Waals surface area contributed by atoms with Gasteiger partial charge in [0.05, 0.1) is 12.2 Å². The van der Waals surface area contributed by atoms with E-state index in [1.807, 2.05) is 24.3 Å². The molecule has 0 bridgehead atoms. The van der Waals surface area contributed by atoms with Gasteiger partial charge in [-0.05, 0) is 30.9 Å². The summed E-state index contributed by atoms with van der Waals surface area (Å²) in [6, 6.07) is 7.91. The third kappa shape index (κ3) is 3.50. The van der Waals surface area contributed by atoms with Crippen molar-refractivity contribution in [2.75, 3.05) is 0 Å². The van der Waals surface area contributed by atoms with Crippen LogP contribution in [0.2, 0.25) is 5.02 Å². The standard InChI is InChI=1S/C14H21ClO/c1-10(2)16-13(14(3,4)5)11-8-6-7-9-12(11)15/h6-10,13H,1-5H3. The van der Waals surface area contributed by atoms with Crippen LogP contribution in [-0.4, -0.2) is 6.10 Å². The molecule has 1 nitrogen and oxygen atoms in total. The fourth-order valence-electron chi connectivity index (χ4n) is 1.70. The van der Waals surface area contributed by atoms with Crippen LogP contribution in [0.5, 0.6) is 0 Å². The second-order valence-corrected chi connectivity index (χ2v) is 5.86. The van der Waals surface area contributed by atoms with Crippen LogP contribution in [-0.2, 0) is 4.74 Å². The second kappa shape index (κ2) is 5.20. The topological polar surface area (TPSA) is 9.23 Å². The van der Waals surface area contributed by atoms with Gasteiger partial charge in [-0.15, -0.1) is 0 Å². The SMILES string of the molecule is CC(C)OC(c1ccccc1Cl)C(C)(C)C. The summed E-state index contributed by atoms with van der Waals surface area (Å²) in [6.45, 7) is 10.6. The number of benzene rings is 1. The van der Waals surface area contributed by atoms with E-state index in [9.17, 15) is 0 Å². The summed E-state index contributed by atoms with van der Waals surface area (Å²) < 4.78 is 6.00. The van der Waals surface area contributed by atoms with Crippen LogP contribution in [0.4, 0.5) is 0 Å². The highest BCUT2D eigenvalue weighted by Crippen LogP contribution is 2.39. The van der Waals surface area contributed by atoms with Crippen molar-refractivity contribution in [1.82, 2.24) is 0 Å². The summed E-state index contributed by atoms with van der Waals surface area (Å²) in [5, 5.41) is 0.781. The van der Waals surface area contributed by atoms with Gasteiger partial charge in [0.25, 0.3) is 0 Å². The smallest absolute Gasteiger partial charge is 0.0890 e. The first kappa shape index (κ1) is 13.5. The molecule has 0 aliphatic rings. The third-order valence-electron chi connectivity index (χ3n) is 2.38. The minimum absolute atomic E-state index is 0.0289. The number of hydrogen-bond acceptors (Lipinski definition) is 1. The summed E-state index contributed by atoms with van der Waals surface area (Å²) in [5.41, 5.74) is 1.11. The van der Waals surface area contributed by atoms with Gasteiger partial charge in [-0.2, -0.15) is 0 Å². The Labute approximate surface area is 104 Å². The zero-order chi connectivity index (χ0) is 12.3. The molecule has 1 unspecified atom stereocenters. The van der Waals surface area contributed by atoms with Crippen molar-refractivity contribution in [2.24, 2.45) is 5.41 Å². The lowest BCUT2D eigenvalue weighted by molar-refractivity contribution is -0.0542. The van der Waals surface area contributed by atoms with Gasteiger partial charge >= 0.3 is 0 Å². The predicted octanol–water partition coefficient (Wildman–Crippen LogP) is 4.85. The minimum atomic E-state index is 0.0289. The molecular weight excluding hydrogens is 220 g/mol. The molecule has 0 heterocycles. The van der Waals surface area contributed by atoms with E-state index in [1.54, 1.807) is 0 Å². The Morgan fingerprint density at radius 3 is 2.12 bits per heavy atom. The van der Waals surface area contributed by atoms with E-state index in [4.69, 9.17) is 16.3 Å². The Hall–Kier alpha value is -0.530. The first-order valence-corrected chi connectivity index (χ1v) is 6.10. The summed E-state index contributed by atoms with van der Waals surface area (Å²) in [7, 11) is 0. The summed E-state index contributed by atoms with van der Waals surface area (Å²) in [5.74, 6) is 0. The molecule has 16 heavy (non-hydrogen) atoms. The lowest BCUT2D eigenvalue weighted by Crippen LogP contribution is -2.24. The molecular formula is C14H21ClO. The van der Waals surface area contributed by atoms with Crippen LogP contribution in [0.3, 0.4) is 0 Å². The van der Waals surface area contributed by atoms with E-state index >= 15 is 0 Å². The fraction of sp³-hybridized carbons (Fsp3) is 0.571. The minimum Gasteiger partial charge on any atom is -0.370 e. The molecule has 0 aliphatic heterocycles. The molecule has 0 aromatic heterocycles. The maximum absolute atomic E-state index is 6.23. The molecule has 1 rings (SSSR count). The highest BCUT2D eigenvalue weighted by Gasteiger charge is 2.29. The van der Waals surface area contributed by atoms with Crippen LogP contribution in [0.1, 0.15) is 46.3 Å². The van der Waals surface area contributed by atoms with Crippen LogP contribution in [0, 0.1) is 5.41 Å². The monoisotopic (exact) mass is 240 g/mol. The van der Waals surface area contributed by atoms with Crippen molar-refractivity contribution < 1.29 is 4.74 Å². The Kier molecular flexibility index (Phi) is 4.40.